The van der Waals surface area contributed by atoms with Crippen molar-refractivity contribution in [2.75, 3.05) is 51.9 Å². The first-order chi connectivity index (χ1) is 22.3. The highest BCUT2D eigenvalue weighted by molar-refractivity contribution is 6.05. The predicted molar refractivity (Wildman–Crippen MR) is 180 cm³/mol. The number of rotatable bonds is 8. The Morgan fingerprint density at radius 1 is 0.587 bits per heavy atom. The van der Waals surface area contributed by atoms with E-state index in [1.807, 2.05) is 65.6 Å². The number of nitrogens with zero attached hydrogens (tertiary/aromatic N) is 2. The molecule has 2 aliphatic rings. The van der Waals surface area contributed by atoms with Gasteiger partial charge in [0.1, 0.15) is 5.82 Å². The van der Waals surface area contributed by atoms with Crippen molar-refractivity contribution in [2.45, 2.75) is 37.9 Å². The Hall–Kier alpha value is -4.93. The van der Waals surface area contributed by atoms with Crippen LogP contribution in [0.1, 0.15) is 46.4 Å². The lowest BCUT2D eigenvalue weighted by atomic mass is 10.1. The molecule has 238 valence electrons. The van der Waals surface area contributed by atoms with Crippen molar-refractivity contribution in [3.63, 3.8) is 0 Å². The lowest BCUT2D eigenvalue weighted by Gasteiger charge is -2.31. The van der Waals surface area contributed by atoms with Gasteiger partial charge in [-0.2, -0.15) is 0 Å². The molecule has 4 aromatic rings. The third-order valence-corrected chi connectivity index (χ3v) is 8.55. The van der Waals surface area contributed by atoms with E-state index in [0.717, 1.165) is 43.0 Å². The van der Waals surface area contributed by atoms with Crippen LogP contribution in [0.3, 0.4) is 0 Å². The average molecular weight is 624 g/mol. The molecule has 5 N–H and O–H groups in total. The summed E-state index contributed by atoms with van der Waals surface area (Å²) in [6.07, 6.45) is 2.13. The van der Waals surface area contributed by atoms with E-state index in [9.17, 15) is 24.2 Å². The van der Waals surface area contributed by atoms with Gasteiger partial charge in [0.25, 0.3) is 11.8 Å². The van der Waals surface area contributed by atoms with Gasteiger partial charge in [-0.05, 0) is 117 Å². The Bertz CT molecular complexity index is 1650. The normalized spacial score (nSPS) is 15.8. The lowest BCUT2D eigenvalue weighted by molar-refractivity contribution is 0.101. The van der Waals surface area contributed by atoms with Crippen LogP contribution in [0.5, 0.6) is 0 Å². The number of amides is 2. The molecule has 0 spiro atoms. The molecule has 4 aromatic carbocycles. The number of carbonyl (C=O) groups is 2. The summed E-state index contributed by atoms with van der Waals surface area (Å²) in [6.45, 7) is 2.76. The number of aliphatic hydroxyl groups excluding tert-OH is 2. The van der Waals surface area contributed by atoms with Gasteiger partial charge < -0.3 is 36.0 Å². The maximum atomic E-state index is 14.8. The average Bonchev–Trinajstić information content (AvgIpc) is 3.07. The minimum atomic E-state index is -0.459. The van der Waals surface area contributed by atoms with E-state index in [1.54, 1.807) is 24.3 Å². The number of anilines is 6. The van der Waals surface area contributed by atoms with Crippen LogP contribution in [0.15, 0.2) is 91.0 Å². The third-order valence-electron chi connectivity index (χ3n) is 8.55. The van der Waals surface area contributed by atoms with Crippen molar-refractivity contribution >= 4 is 45.9 Å². The van der Waals surface area contributed by atoms with Crippen LogP contribution in [0.2, 0.25) is 0 Å². The van der Waals surface area contributed by atoms with Crippen molar-refractivity contribution < 1.29 is 24.2 Å². The highest BCUT2D eigenvalue weighted by Gasteiger charge is 2.21. The highest BCUT2D eigenvalue weighted by Crippen LogP contribution is 2.26. The zero-order valence-electron chi connectivity index (χ0n) is 25.5. The number of carbonyl (C=O) groups excluding carboxylic acids is 2. The number of piperidine rings is 2. The van der Waals surface area contributed by atoms with Crippen molar-refractivity contribution in [1.29, 1.82) is 0 Å². The van der Waals surface area contributed by atoms with Crippen molar-refractivity contribution in [3.8, 4) is 0 Å². The second-order valence-electron chi connectivity index (χ2n) is 11.8. The van der Waals surface area contributed by atoms with Gasteiger partial charge in [0, 0.05) is 65.7 Å². The van der Waals surface area contributed by atoms with Gasteiger partial charge in [-0.3, -0.25) is 9.59 Å². The summed E-state index contributed by atoms with van der Waals surface area (Å²) in [5.74, 6) is -1.06. The maximum Gasteiger partial charge on any atom is 0.255 e. The number of benzene rings is 4. The standard InChI is InChI=1S/C36H38FN5O4/c37-33-23-25(3-14-34(33)42-21-17-32(44)18-22-42)36(46)40-29-10-6-27(7-11-29)38-26-4-8-28(9-5-26)39-35(45)24-1-12-30(13-2-24)41-19-15-31(43)16-20-41/h1-14,23,31-32,38,43-44H,15-22H2,(H,39,45)(H,40,46). The molecule has 6 rings (SSSR count). The Balaban J connectivity index is 0.989. The zero-order chi connectivity index (χ0) is 32.0. The third kappa shape index (κ3) is 7.64. The molecule has 2 heterocycles. The molecule has 0 unspecified atom stereocenters. The van der Waals surface area contributed by atoms with Crippen molar-refractivity contribution in [2.24, 2.45) is 0 Å². The molecule has 9 nitrogen and oxygen atoms in total. The van der Waals surface area contributed by atoms with Crippen LogP contribution >= 0.6 is 0 Å². The van der Waals surface area contributed by atoms with E-state index in [0.29, 0.717) is 48.6 Å². The fraction of sp³-hybridized carbons (Fsp3) is 0.278. The summed E-state index contributed by atoms with van der Waals surface area (Å²) in [7, 11) is 0. The van der Waals surface area contributed by atoms with E-state index >= 15 is 0 Å². The first-order valence-electron chi connectivity index (χ1n) is 15.7. The summed E-state index contributed by atoms with van der Waals surface area (Å²) in [4.78, 5) is 29.7. The predicted octanol–water partition coefficient (Wildman–Crippen LogP) is 6.00. The van der Waals surface area contributed by atoms with E-state index in [4.69, 9.17) is 0 Å². The molecule has 0 aromatic heterocycles. The molecule has 0 atom stereocenters. The summed E-state index contributed by atoms with van der Waals surface area (Å²) in [5.41, 5.74) is 5.15. The smallest absolute Gasteiger partial charge is 0.255 e. The van der Waals surface area contributed by atoms with Gasteiger partial charge in [-0.25, -0.2) is 4.39 Å². The molecular formula is C36H38FN5O4. The van der Waals surface area contributed by atoms with Gasteiger partial charge in [-0.15, -0.1) is 0 Å². The number of hydrogen-bond donors (Lipinski definition) is 5. The van der Waals surface area contributed by atoms with E-state index in [-0.39, 0.29) is 23.7 Å². The molecule has 46 heavy (non-hydrogen) atoms. The first-order valence-corrected chi connectivity index (χ1v) is 15.7. The van der Waals surface area contributed by atoms with Crippen LogP contribution in [-0.4, -0.2) is 60.4 Å². The molecule has 2 aliphatic heterocycles. The highest BCUT2D eigenvalue weighted by atomic mass is 19.1. The van der Waals surface area contributed by atoms with Crippen LogP contribution in [-0.2, 0) is 0 Å². The number of aliphatic hydroxyl groups is 2. The second kappa shape index (κ2) is 14.0. The Kier molecular flexibility index (Phi) is 9.46. The molecular weight excluding hydrogens is 585 g/mol. The fourth-order valence-corrected chi connectivity index (χ4v) is 5.81. The fourth-order valence-electron chi connectivity index (χ4n) is 5.81. The summed E-state index contributed by atoms with van der Waals surface area (Å²) >= 11 is 0. The van der Waals surface area contributed by atoms with Crippen molar-refractivity contribution in [1.82, 2.24) is 0 Å². The van der Waals surface area contributed by atoms with E-state index in [1.165, 1.54) is 6.07 Å². The molecule has 0 aliphatic carbocycles. The SMILES string of the molecule is O=C(Nc1ccc(Nc2ccc(NC(=O)c3ccc(N4CCC(O)CC4)c(F)c3)cc2)cc1)c1ccc(N2CCC(O)CC2)cc1. The lowest BCUT2D eigenvalue weighted by Crippen LogP contribution is -2.36. The van der Waals surface area contributed by atoms with Gasteiger partial charge in [0.15, 0.2) is 0 Å². The Morgan fingerprint density at radius 3 is 1.52 bits per heavy atom. The molecule has 0 saturated carbocycles. The quantitative estimate of drug-likeness (QED) is 0.164. The maximum absolute atomic E-state index is 14.8. The molecule has 2 saturated heterocycles. The second-order valence-corrected chi connectivity index (χ2v) is 11.8. The van der Waals surface area contributed by atoms with Gasteiger partial charge in [0.2, 0.25) is 0 Å². The number of nitrogens with one attached hydrogen (secondary N) is 3. The van der Waals surface area contributed by atoms with Crippen LogP contribution < -0.4 is 25.8 Å². The first kappa shape index (κ1) is 31.1. The van der Waals surface area contributed by atoms with E-state index in [2.05, 4.69) is 20.9 Å². The molecule has 0 radical (unpaired) electrons. The van der Waals surface area contributed by atoms with Gasteiger partial charge in [-0.1, -0.05) is 0 Å². The Labute approximate surface area is 267 Å². The monoisotopic (exact) mass is 623 g/mol. The van der Waals surface area contributed by atoms with E-state index < -0.39 is 11.7 Å². The zero-order valence-corrected chi connectivity index (χ0v) is 25.5. The van der Waals surface area contributed by atoms with Gasteiger partial charge >= 0.3 is 0 Å². The van der Waals surface area contributed by atoms with Crippen LogP contribution in [0.4, 0.5) is 38.5 Å². The summed E-state index contributed by atoms with van der Waals surface area (Å²) in [5, 5.41) is 28.5. The van der Waals surface area contributed by atoms with Crippen LogP contribution in [0.25, 0.3) is 0 Å². The minimum absolute atomic E-state index is 0.194. The van der Waals surface area contributed by atoms with Gasteiger partial charge in [0.05, 0.1) is 17.9 Å². The molecule has 2 fully saturated rings. The largest absolute Gasteiger partial charge is 0.393 e. The number of hydrogen-bond acceptors (Lipinski definition) is 7. The van der Waals surface area contributed by atoms with Crippen molar-refractivity contribution in [3.05, 3.63) is 108 Å². The molecule has 0 bridgehead atoms. The van der Waals surface area contributed by atoms with Crippen LogP contribution in [0, 0.1) is 5.82 Å². The number of halogens is 1. The molecule has 10 heteroatoms. The Morgan fingerprint density at radius 2 is 1.02 bits per heavy atom. The molecule has 2 amide bonds. The summed E-state index contributed by atoms with van der Waals surface area (Å²) < 4.78 is 14.8. The topological polar surface area (TPSA) is 117 Å². The summed E-state index contributed by atoms with van der Waals surface area (Å²) in [6, 6.07) is 26.5. The minimum Gasteiger partial charge on any atom is -0.393 e.